The van der Waals surface area contributed by atoms with E-state index in [1.807, 2.05) is 44.2 Å². The number of aliphatic hydroxyl groups excluding tert-OH is 1. The molecule has 0 bridgehead atoms. The first kappa shape index (κ1) is 35.4. The van der Waals surface area contributed by atoms with Gasteiger partial charge in [0, 0.05) is 32.6 Å². The van der Waals surface area contributed by atoms with E-state index in [9.17, 15) is 28.2 Å². The average molecular weight is 662 g/mol. The number of sulfonamides is 1. The number of rotatable bonds is 15. The number of benzene rings is 2. The molecule has 2 heterocycles. The number of aliphatic hydroxyl groups is 1. The quantitative estimate of drug-likeness (QED) is 0.256. The Labute approximate surface area is 270 Å². The molecule has 0 saturated carbocycles. The first-order valence-electron chi connectivity index (χ1n) is 15.4. The maximum absolute atomic E-state index is 14.2. The summed E-state index contributed by atoms with van der Waals surface area (Å²) < 4.78 is 46.1. The number of fused-ring (bicyclic) bond motifs is 1. The van der Waals surface area contributed by atoms with Crippen LogP contribution >= 0.6 is 0 Å². The minimum atomic E-state index is -4.19. The van der Waals surface area contributed by atoms with Crippen molar-refractivity contribution < 1.29 is 42.4 Å². The van der Waals surface area contributed by atoms with Crippen molar-refractivity contribution in [3.05, 3.63) is 60.2 Å². The highest BCUT2D eigenvalue weighted by Crippen LogP contribution is 2.36. The van der Waals surface area contributed by atoms with Crippen LogP contribution in [-0.2, 0) is 25.9 Å². The predicted octanol–water partition coefficient (Wildman–Crippen LogP) is 1.41. The lowest BCUT2D eigenvalue weighted by atomic mass is 9.89. The summed E-state index contributed by atoms with van der Waals surface area (Å²) in [5, 5.41) is 30.0. The Bertz CT molecular complexity index is 1410. The fourth-order valence-electron chi connectivity index (χ4n) is 6.16. The van der Waals surface area contributed by atoms with Crippen molar-refractivity contribution in [3.8, 4) is 5.75 Å². The summed E-state index contributed by atoms with van der Waals surface area (Å²) in [6, 6.07) is 13.0. The lowest BCUT2D eigenvalue weighted by Gasteiger charge is -2.43. The lowest BCUT2D eigenvalue weighted by molar-refractivity contribution is -0.273. The van der Waals surface area contributed by atoms with Gasteiger partial charge in [0.15, 0.2) is 6.29 Å². The maximum atomic E-state index is 14.2. The van der Waals surface area contributed by atoms with Crippen molar-refractivity contribution in [1.29, 1.82) is 0 Å². The standard InChI is InChI=1S/C32H46N4O9S/c1-32(2,15-16-34-30(38)33-3)21-35(46(41,42)24-12-10-23(43-4)11-13-24)19-28(37)26(18-22-8-6-5-7-9-22)36(31(39)40)27-20-45-29-25(27)14-17-44-29/h5-13,25-29,37H,14-21H2,1-4H3,(H,39,40)(H2,33,34,38)/p-1/t25-,26-,27-,28+,29+/m0/s1. The van der Waals surface area contributed by atoms with Crippen LogP contribution in [0.4, 0.5) is 9.59 Å². The monoisotopic (exact) mass is 661 g/mol. The van der Waals surface area contributed by atoms with E-state index >= 15 is 0 Å². The van der Waals surface area contributed by atoms with Gasteiger partial charge in [-0.25, -0.2) is 13.2 Å². The number of hydrogen-bond acceptors (Lipinski definition) is 9. The number of urea groups is 1. The van der Waals surface area contributed by atoms with Gasteiger partial charge in [0.05, 0.1) is 43.4 Å². The van der Waals surface area contributed by atoms with E-state index in [0.29, 0.717) is 25.2 Å². The molecule has 2 aliphatic heterocycles. The zero-order chi connectivity index (χ0) is 33.5. The number of ether oxygens (including phenoxy) is 3. The summed E-state index contributed by atoms with van der Waals surface area (Å²) in [5.74, 6) is 0.237. The molecule has 3 amide bonds. The van der Waals surface area contributed by atoms with Crippen molar-refractivity contribution in [3.63, 3.8) is 0 Å². The largest absolute Gasteiger partial charge is 0.530 e. The summed E-state index contributed by atoms with van der Waals surface area (Å²) in [4.78, 5) is 25.7. The van der Waals surface area contributed by atoms with Crippen LogP contribution in [0.25, 0.3) is 0 Å². The van der Waals surface area contributed by atoms with Crippen molar-refractivity contribution in [1.82, 2.24) is 19.8 Å². The molecule has 3 N–H and O–H groups in total. The molecule has 2 fully saturated rings. The van der Waals surface area contributed by atoms with E-state index in [-0.39, 0.29) is 43.0 Å². The van der Waals surface area contributed by atoms with Crippen LogP contribution in [-0.4, -0.2) is 106 Å². The minimum Gasteiger partial charge on any atom is -0.530 e. The Morgan fingerprint density at radius 3 is 2.46 bits per heavy atom. The Hall–Kier alpha value is -3.43. The second-order valence-corrected chi connectivity index (χ2v) is 14.4. The molecule has 0 spiro atoms. The van der Waals surface area contributed by atoms with Gasteiger partial charge < -0.3 is 44.8 Å². The van der Waals surface area contributed by atoms with Crippen LogP contribution < -0.4 is 20.5 Å². The van der Waals surface area contributed by atoms with Crippen LogP contribution in [0.5, 0.6) is 5.75 Å². The summed E-state index contributed by atoms with van der Waals surface area (Å²) >= 11 is 0. The molecular formula is C32H45N4O9S-. The van der Waals surface area contributed by atoms with Crippen molar-refractivity contribution in [2.24, 2.45) is 11.3 Å². The highest BCUT2D eigenvalue weighted by atomic mass is 32.2. The Morgan fingerprint density at radius 1 is 1.13 bits per heavy atom. The molecule has 0 aromatic heterocycles. The van der Waals surface area contributed by atoms with Gasteiger partial charge in [0.2, 0.25) is 10.0 Å². The molecule has 13 nitrogen and oxygen atoms in total. The average Bonchev–Trinajstić information content (AvgIpc) is 3.65. The summed E-state index contributed by atoms with van der Waals surface area (Å²) in [5.41, 5.74) is 0.109. The summed E-state index contributed by atoms with van der Waals surface area (Å²) in [6.45, 7) is 4.09. The first-order chi connectivity index (χ1) is 21.9. The fraction of sp³-hybridized carbons (Fsp3) is 0.562. The molecular weight excluding hydrogens is 616 g/mol. The van der Waals surface area contributed by atoms with Crippen LogP contribution in [0.15, 0.2) is 59.5 Å². The SMILES string of the molecule is CNC(=O)NCCC(C)(C)CN(C[C@@H](O)[C@H](Cc1ccccc1)N(C(=O)[O-])[C@H]1CO[C@H]2OCC[C@H]21)S(=O)(=O)c1ccc(OC)cc1. The third-order valence-electron chi connectivity index (χ3n) is 8.67. The third kappa shape index (κ3) is 8.68. The van der Waals surface area contributed by atoms with Crippen molar-refractivity contribution in [2.45, 2.75) is 62.5 Å². The number of nitrogens with zero attached hydrogens (tertiary/aromatic N) is 2. The predicted molar refractivity (Wildman–Crippen MR) is 167 cm³/mol. The number of carbonyl (C=O) groups excluding carboxylic acids is 2. The van der Waals surface area contributed by atoms with Crippen LogP contribution in [0.1, 0.15) is 32.3 Å². The first-order valence-corrected chi connectivity index (χ1v) is 16.8. The molecule has 46 heavy (non-hydrogen) atoms. The van der Waals surface area contributed by atoms with Gasteiger partial charge in [-0.05, 0) is 54.5 Å². The zero-order valence-electron chi connectivity index (χ0n) is 26.8. The molecule has 0 aliphatic carbocycles. The second kappa shape index (κ2) is 15.4. The number of hydrogen-bond donors (Lipinski definition) is 3. The van der Waals surface area contributed by atoms with Gasteiger partial charge >= 0.3 is 6.03 Å². The van der Waals surface area contributed by atoms with Crippen molar-refractivity contribution in [2.75, 3.05) is 47.0 Å². The topological polar surface area (TPSA) is 170 Å². The second-order valence-electron chi connectivity index (χ2n) is 12.5. The number of carboxylic acid groups (broad SMARTS) is 1. The van der Waals surface area contributed by atoms with Gasteiger partial charge in [-0.2, -0.15) is 4.31 Å². The molecule has 2 saturated heterocycles. The van der Waals surface area contributed by atoms with Gasteiger partial charge in [-0.3, -0.25) is 0 Å². The molecule has 2 aliphatic rings. The third-order valence-corrected chi connectivity index (χ3v) is 10.5. The Morgan fingerprint density at radius 2 is 1.83 bits per heavy atom. The number of amides is 3. The maximum Gasteiger partial charge on any atom is 0.314 e. The van der Waals surface area contributed by atoms with Gasteiger partial charge in [-0.15, -0.1) is 0 Å². The number of carbonyl (C=O) groups is 2. The molecule has 0 unspecified atom stereocenters. The molecule has 5 atom stereocenters. The van der Waals surface area contributed by atoms with E-state index < -0.39 is 52.6 Å². The van der Waals surface area contributed by atoms with E-state index in [2.05, 4.69) is 10.6 Å². The highest BCUT2D eigenvalue weighted by Gasteiger charge is 2.47. The molecule has 0 radical (unpaired) electrons. The van der Waals surface area contributed by atoms with Crippen LogP contribution in [0.3, 0.4) is 0 Å². The van der Waals surface area contributed by atoms with E-state index in [4.69, 9.17) is 14.2 Å². The molecule has 254 valence electrons. The summed E-state index contributed by atoms with van der Waals surface area (Å²) in [7, 11) is -1.21. The van der Waals surface area contributed by atoms with Crippen LogP contribution in [0, 0.1) is 11.3 Å². The minimum absolute atomic E-state index is 0.00806. The molecule has 14 heteroatoms. The van der Waals surface area contributed by atoms with E-state index in [1.165, 1.54) is 42.7 Å². The van der Waals surface area contributed by atoms with E-state index in [1.54, 1.807) is 0 Å². The molecule has 2 aromatic rings. The van der Waals surface area contributed by atoms with Crippen molar-refractivity contribution >= 4 is 22.1 Å². The van der Waals surface area contributed by atoms with Gasteiger partial charge in [0.25, 0.3) is 0 Å². The normalized spacial score (nSPS) is 21.0. The number of nitrogens with one attached hydrogen (secondary N) is 2. The Balaban J connectivity index is 1.68. The fourth-order valence-corrected chi connectivity index (χ4v) is 7.80. The highest BCUT2D eigenvalue weighted by molar-refractivity contribution is 7.89. The zero-order valence-corrected chi connectivity index (χ0v) is 27.6. The Kier molecular flexibility index (Phi) is 11.9. The summed E-state index contributed by atoms with van der Waals surface area (Å²) in [6.07, 6.45) is -2.35. The van der Waals surface area contributed by atoms with Crippen LogP contribution in [0.2, 0.25) is 0 Å². The van der Waals surface area contributed by atoms with E-state index in [0.717, 1.165) is 10.5 Å². The molecule has 2 aromatic carbocycles. The lowest BCUT2D eigenvalue weighted by Crippen LogP contribution is -2.61. The smallest absolute Gasteiger partial charge is 0.314 e. The molecule has 4 rings (SSSR count). The van der Waals surface area contributed by atoms with Gasteiger partial charge in [0.1, 0.15) is 11.8 Å². The van der Waals surface area contributed by atoms with Gasteiger partial charge in [-0.1, -0.05) is 44.2 Å². The number of methoxy groups -OCH3 is 1.